The van der Waals surface area contributed by atoms with Gasteiger partial charge in [0.2, 0.25) is 5.91 Å². The SMILES string of the molecule is CNC(CN1CCCCC1=O)C1CC1. The van der Waals surface area contributed by atoms with Crippen molar-refractivity contribution >= 4 is 5.91 Å². The minimum absolute atomic E-state index is 0.358. The van der Waals surface area contributed by atoms with Gasteiger partial charge in [0.25, 0.3) is 0 Å². The average molecular weight is 196 g/mol. The van der Waals surface area contributed by atoms with Gasteiger partial charge in [0.1, 0.15) is 0 Å². The summed E-state index contributed by atoms with van der Waals surface area (Å²) in [6.07, 6.45) is 5.72. The fourth-order valence-corrected chi connectivity index (χ4v) is 2.27. The molecular formula is C11H20N2O. The standard InChI is InChI=1S/C11H20N2O/c1-12-10(9-5-6-9)8-13-7-3-2-4-11(13)14/h9-10,12H,2-8H2,1H3. The molecular weight excluding hydrogens is 176 g/mol. The lowest BCUT2D eigenvalue weighted by Crippen LogP contribution is -2.45. The highest BCUT2D eigenvalue weighted by atomic mass is 16.2. The van der Waals surface area contributed by atoms with Gasteiger partial charge in [-0.15, -0.1) is 0 Å². The molecule has 0 spiro atoms. The summed E-state index contributed by atoms with van der Waals surface area (Å²) in [5.41, 5.74) is 0. The molecule has 2 fully saturated rings. The lowest BCUT2D eigenvalue weighted by atomic mass is 10.1. The number of nitrogens with zero attached hydrogens (tertiary/aromatic N) is 1. The van der Waals surface area contributed by atoms with Crippen LogP contribution >= 0.6 is 0 Å². The van der Waals surface area contributed by atoms with Crippen molar-refractivity contribution in [2.75, 3.05) is 20.1 Å². The molecule has 1 aliphatic carbocycles. The second-order valence-corrected chi connectivity index (χ2v) is 4.53. The number of nitrogens with one attached hydrogen (secondary N) is 1. The summed E-state index contributed by atoms with van der Waals surface area (Å²) in [5, 5.41) is 3.34. The van der Waals surface area contributed by atoms with E-state index in [9.17, 15) is 4.79 Å². The Hall–Kier alpha value is -0.570. The Morgan fingerprint density at radius 2 is 2.29 bits per heavy atom. The molecule has 1 amide bonds. The third-order valence-electron chi connectivity index (χ3n) is 3.40. The van der Waals surface area contributed by atoms with Gasteiger partial charge >= 0.3 is 0 Å². The fourth-order valence-electron chi connectivity index (χ4n) is 2.27. The first kappa shape index (κ1) is 9.97. The maximum Gasteiger partial charge on any atom is 0.222 e. The van der Waals surface area contributed by atoms with Crippen LogP contribution in [0.5, 0.6) is 0 Å². The first-order valence-corrected chi connectivity index (χ1v) is 5.76. The molecule has 0 aromatic carbocycles. The third kappa shape index (κ3) is 2.27. The highest BCUT2D eigenvalue weighted by molar-refractivity contribution is 5.76. The van der Waals surface area contributed by atoms with Crippen molar-refractivity contribution in [2.24, 2.45) is 5.92 Å². The van der Waals surface area contributed by atoms with E-state index in [1.807, 2.05) is 11.9 Å². The smallest absolute Gasteiger partial charge is 0.222 e. The largest absolute Gasteiger partial charge is 0.341 e. The Bertz CT molecular complexity index is 213. The number of amides is 1. The minimum Gasteiger partial charge on any atom is -0.341 e. The highest BCUT2D eigenvalue weighted by Gasteiger charge is 2.32. The summed E-state index contributed by atoms with van der Waals surface area (Å²) in [5.74, 6) is 1.19. The number of likely N-dealkylation sites (tertiary alicyclic amines) is 1. The molecule has 80 valence electrons. The number of hydrogen-bond acceptors (Lipinski definition) is 2. The number of likely N-dealkylation sites (N-methyl/N-ethyl adjacent to an activating group) is 1. The Labute approximate surface area is 85.8 Å². The zero-order valence-corrected chi connectivity index (χ0v) is 8.96. The van der Waals surface area contributed by atoms with Crippen molar-refractivity contribution in [1.82, 2.24) is 10.2 Å². The predicted molar refractivity (Wildman–Crippen MR) is 56.0 cm³/mol. The molecule has 0 aromatic heterocycles. The zero-order valence-electron chi connectivity index (χ0n) is 8.96. The lowest BCUT2D eigenvalue weighted by Gasteiger charge is -2.30. The van der Waals surface area contributed by atoms with Crippen LogP contribution in [0, 0.1) is 5.92 Å². The summed E-state index contributed by atoms with van der Waals surface area (Å²) in [7, 11) is 2.01. The van der Waals surface area contributed by atoms with Gasteiger partial charge in [-0.1, -0.05) is 0 Å². The monoisotopic (exact) mass is 196 g/mol. The Morgan fingerprint density at radius 1 is 1.50 bits per heavy atom. The molecule has 2 rings (SSSR count). The summed E-state index contributed by atoms with van der Waals surface area (Å²) >= 11 is 0. The van der Waals surface area contributed by atoms with E-state index in [0.29, 0.717) is 11.9 Å². The van der Waals surface area contributed by atoms with E-state index in [-0.39, 0.29) is 0 Å². The fraction of sp³-hybridized carbons (Fsp3) is 0.909. The molecule has 1 saturated carbocycles. The maximum absolute atomic E-state index is 11.6. The molecule has 2 aliphatic rings. The Balaban J connectivity index is 1.84. The number of carbonyl (C=O) groups is 1. The average Bonchev–Trinajstić information content (AvgIpc) is 3.00. The minimum atomic E-state index is 0.358. The van der Waals surface area contributed by atoms with Gasteiger partial charge in [0, 0.05) is 25.6 Å². The number of piperidine rings is 1. The van der Waals surface area contributed by atoms with Gasteiger partial charge in [-0.2, -0.15) is 0 Å². The second-order valence-electron chi connectivity index (χ2n) is 4.53. The van der Waals surface area contributed by atoms with Crippen LogP contribution in [0.4, 0.5) is 0 Å². The molecule has 0 aromatic rings. The van der Waals surface area contributed by atoms with Crippen molar-refractivity contribution in [1.29, 1.82) is 0 Å². The summed E-state index contributed by atoms with van der Waals surface area (Å²) in [4.78, 5) is 13.6. The normalized spacial score (nSPS) is 25.2. The molecule has 3 heteroatoms. The molecule has 1 atom stereocenters. The van der Waals surface area contributed by atoms with Crippen molar-refractivity contribution in [3.63, 3.8) is 0 Å². The van der Waals surface area contributed by atoms with Gasteiger partial charge in [-0.05, 0) is 38.6 Å². The van der Waals surface area contributed by atoms with E-state index < -0.39 is 0 Å². The molecule has 3 nitrogen and oxygen atoms in total. The predicted octanol–water partition coefficient (Wildman–Crippen LogP) is 0.997. The number of hydrogen-bond donors (Lipinski definition) is 1. The maximum atomic E-state index is 11.6. The molecule has 1 N–H and O–H groups in total. The first-order chi connectivity index (χ1) is 6.81. The van der Waals surface area contributed by atoms with Crippen LogP contribution in [-0.2, 0) is 4.79 Å². The Morgan fingerprint density at radius 3 is 2.86 bits per heavy atom. The molecule has 1 unspecified atom stereocenters. The van der Waals surface area contributed by atoms with E-state index in [1.54, 1.807) is 0 Å². The summed E-state index contributed by atoms with van der Waals surface area (Å²) in [6, 6.07) is 0.539. The summed E-state index contributed by atoms with van der Waals surface area (Å²) in [6.45, 7) is 1.91. The van der Waals surface area contributed by atoms with Crippen molar-refractivity contribution < 1.29 is 4.79 Å². The quantitative estimate of drug-likeness (QED) is 0.727. The molecule has 0 radical (unpaired) electrons. The molecule has 1 saturated heterocycles. The van der Waals surface area contributed by atoms with Crippen LogP contribution in [0.15, 0.2) is 0 Å². The molecule has 0 bridgehead atoms. The van der Waals surface area contributed by atoms with Crippen LogP contribution < -0.4 is 5.32 Å². The van der Waals surface area contributed by atoms with Gasteiger partial charge < -0.3 is 10.2 Å². The summed E-state index contributed by atoms with van der Waals surface area (Å²) < 4.78 is 0. The van der Waals surface area contributed by atoms with E-state index in [4.69, 9.17) is 0 Å². The second kappa shape index (κ2) is 4.30. The third-order valence-corrected chi connectivity index (χ3v) is 3.40. The van der Waals surface area contributed by atoms with Crippen LogP contribution in [-0.4, -0.2) is 37.0 Å². The number of rotatable bonds is 4. The topological polar surface area (TPSA) is 32.3 Å². The van der Waals surface area contributed by atoms with Crippen LogP contribution in [0.25, 0.3) is 0 Å². The molecule has 14 heavy (non-hydrogen) atoms. The van der Waals surface area contributed by atoms with Gasteiger partial charge in [-0.25, -0.2) is 0 Å². The van der Waals surface area contributed by atoms with Gasteiger partial charge in [0.05, 0.1) is 0 Å². The van der Waals surface area contributed by atoms with Crippen molar-refractivity contribution in [3.8, 4) is 0 Å². The van der Waals surface area contributed by atoms with Crippen LogP contribution in [0.1, 0.15) is 32.1 Å². The van der Waals surface area contributed by atoms with Crippen LogP contribution in [0.3, 0.4) is 0 Å². The zero-order chi connectivity index (χ0) is 9.97. The van der Waals surface area contributed by atoms with Gasteiger partial charge in [0.15, 0.2) is 0 Å². The van der Waals surface area contributed by atoms with Gasteiger partial charge in [-0.3, -0.25) is 4.79 Å². The van der Waals surface area contributed by atoms with Crippen molar-refractivity contribution in [3.05, 3.63) is 0 Å². The van der Waals surface area contributed by atoms with Crippen molar-refractivity contribution in [2.45, 2.75) is 38.1 Å². The van der Waals surface area contributed by atoms with E-state index in [0.717, 1.165) is 31.8 Å². The number of carbonyl (C=O) groups excluding carboxylic acids is 1. The Kier molecular flexibility index (Phi) is 3.06. The first-order valence-electron chi connectivity index (χ1n) is 5.76. The highest BCUT2D eigenvalue weighted by Crippen LogP contribution is 2.33. The van der Waals surface area contributed by atoms with E-state index in [1.165, 1.54) is 19.3 Å². The van der Waals surface area contributed by atoms with E-state index >= 15 is 0 Å². The van der Waals surface area contributed by atoms with Crippen LogP contribution in [0.2, 0.25) is 0 Å². The molecule has 1 heterocycles. The van der Waals surface area contributed by atoms with E-state index in [2.05, 4.69) is 5.32 Å². The lowest BCUT2D eigenvalue weighted by molar-refractivity contribution is -0.133. The molecule has 1 aliphatic heterocycles.